The number of pyridine rings is 1. The van der Waals surface area contributed by atoms with Crippen molar-refractivity contribution >= 4 is 6.03 Å². The number of piperidine rings is 1. The Kier molecular flexibility index (Phi) is 5.76. The van der Waals surface area contributed by atoms with E-state index in [1.807, 2.05) is 36.1 Å². The maximum Gasteiger partial charge on any atom is 0.317 e. The van der Waals surface area contributed by atoms with E-state index < -0.39 is 0 Å². The van der Waals surface area contributed by atoms with E-state index in [0.29, 0.717) is 25.7 Å². The van der Waals surface area contributed by atoms with Crippen LogP contribution >= 0.6 is 0 Å². The molecule has 0 saturated carbocycles. The summed E-state index contributed by atoms with van der Waals surface area (Å²) in [5, 5.41) is 11.1. The smallest absolute Gasteiger partial charge is 0.317 e. The lowest BCUT2D eigenvalue weighted by atomic mass is 9.96. The number of hydrogen-bond acceptors (Lipinski definition) is 4. The van der Waals surface area contributed by atoms with Crippen LogP contribution in [0.5, 0.6) is 0 Å². The second kappa shape index (κ2) is 9.07. The Morgan fingerprint density at radius 1 is 1.20 bits per heavy atom. The number of amides is 2. The molecule has 8 heteroatoms. The fourth-order valence-electron chi connectivity index (χ4n) is 6.16. The highest BCUT2D eigenvalue weighted by Crippen LogP contribution is 2.37. The van der Waals surface area contributed by atoms with Gasteiger partial charge in [-0.3, -0.25) is 15.0 Å². The average Bonchev–Trinajstić information content (AvgIpc) is 3.40. The lowest BCUT2D eigenvalue weighted by molar-refractivity contribution is 0.0974. The molecule has 3 aromatic rings. The lowest BCUT2D eigenvalue weighted by Crippen LogP contribution is -2.56. The van der Waals surface area contributed by atoms with Crippen LogP contribution < -0.4 is 5.32 Å². The van der Waals surface area contributed by atoms with Gasteiger partial charge >= 0.3 is 6.03 Å². The van der Waals surface area contributed by atoms with E-state index in [-0.39, 0.29) is 23.9 Å². The van der Waals surface area contributed by atoms with Gasteiger partial charge in [-0.25, -0.2) is 9.18 Å². The van der Waals surface area contributed by atoms with E-state index in [1.165, 1.54) is 6.07 Å². The number of aromatic nitrogens is 3. The molecule has 3 atom stereocenters. The van der Waals surface area contributed by atoms with Crippen LogP contribution in [-0.2, 0) is 19.5 Å². The maximum absolute atomic E-state index is 14.3. The molecule has 35 heavy (non-hydrogen) atoms. The monoisotopic (exact) mass is 474 g/mol. The number of nitrogens with zero attached hydrogens (tertiary/aromatic N) is 4. The lowest BCUT2D eigenvalue weighted by Gasteiger charge is -2.41. The van der Waals surface area contributed by atoms with Crippen LogP contribution in [-0.4, -0.2) is 55.7 Å². The zero-order valence-corrected chi connectivity index (χ0v) is 20.0. The predicted molar refractivity (Wildman–Crippen MR) is 131 cm³/mol. The van der Waals surface area contributed by atoms with E-state index in [2.05, 4.69) is 25.4 Å². The van der Waals surface area contributed by atoms with Crippen LogP contribution in [0.4, 0.5) is 9.18 Å². The third-order valence-electron chi connectivity index (χ3n) is 7.98. The summed E-state index contributed by atoms with van der Waals surface area (Å²) in [5.74, 6) is -0.150. The Morgan fingerprint density at radius 2 is 2.06 bits per heavy atom. The first-order valence-corrected chi connectivity index (χ1v) is 12.6. The first kappa shape index (κ1) is 22.2. The summed E-state index contributed by atoms with van der Waals surface area (Å²) in [6.45, 7) is 3.77. The van der Waals surface area contributed by atoms with Crippen molar-refractivity contribution in [1.29, 1.82) is 0 Å². The molecule has 2 fully saturated rings. The molecule has 0 spiro atoms. The van der Waals surface area contributed by atoms with Crippen molar-refractivity contribution in [2.75, 3.05) is 6.54 Å². The van der Waals surface area contributed by atoms with Crippen LogP contribution in [0.25, 0.3) is 11.3 Å². The van der Waals surface area contributed by atoms with Crippen LogP contribution in [0, 0.1) is 12.7 Å². The quantitative estimate of drug-likeness (QED) is 0.595. The summed E-state index contributed by atoms with van der Waals surface area (Å²) in [6, 6.07) is 11.8. The number of H-pyrrole nitrogens is 1. The Bertz CT molecular complexity index is 1240. The van der Waals surface area contributed by atoms with Gasteiger partial charge < -0.3 is 10.2 Å². The molecule has 2 N–H and O–H groups in total. The summed E-state index contributed by atoms with van der Waals surface area (Å²) < 4.78 is 14.3. The van der Waals surface area contributed by atoms with E-state index in [9.17, 15) is 9.18 Å². The molecule has 2 saturated heterocycles. The van der Waals surface area contributed by atoms with Crippen LogP contribution in [0.3, 0.4) is 0 Å². The van der Waals surface area contributed by atoms with Gasteiger partial charge in [0.15, 0.2) is 0 Å². The topological polar surface area (TPSA) is 77.2 Å². The van der Waals surface area contributed by atoms with Gasteiger partial charge in [0.2, 0.25) is 0 Å². The summed E-state index contributed by atoms with van der Waals surface area (Å²) in [5.41, 5.74) is 5.78. The molecule has 6 rings (SSSR count). The number of fused-ring (bicyclic) bond motifs is 3. The molecule has 3 aliphatic heterocycles. The minimum Gasteiger partial charge on any atom is -0.334 e. The number of benzene rings is 1. The SMILES string of the molecule is Cc1cc(-c2n[nH]c3c2CN(C(=O)N[C@@H]2CC[C@H]4CC[C@@H]2N4Cc2ccccc2F)CC3)ccn1. The Balaban J connectivity index is 1.15. The fourth-order valence-corrected chi connectivity index (χ4v) is 6.16. The van der Waals surface area contributed by atoms with Crippen LogP contribution in [0.2, 0.25) is 0 Å². The number of rotatable bonds is 4. The number of hydrogen-bond donors (Lipinski definition) is 2. The van der Waals surface area contributed by atoms with Crippen molar-refractivity contribution in [2.24, 2.45) is 0 Å². The third kappa shape index (κ3) is 4.20. The van der Waals surface area contributed by atoms with Crippen molar-refractivity contribution in [2.45, 2.75) is 70.2 Å². The number of nitrogens with one attached hydrogen (secondary N) is 2. The number of aromatic amines is 1. The van der Waals surface area contributed by atoms with E-state index in [0.717, 1.165) is 65.9 Å². The maximum atomic E-state index is 14.3. The van der Waals surface area contributed by atoms with Gasteiger partial charge in [-0.05, 0) is 50.8 Å². The van der Waals surface area contributed by atoms with Gasteiger partial charge in [0, 0.05) is 71.9 Å². The number of urea groups is 1. The van der Waals surface area contributed by atoms with Crippen molar-refractivity contribution < 1.29 is 9.18 Å². The summed E-state index contributed by atoms with van der Waals surface area (Å²) in [6.07, 6.45) is 6.72. The van der Waals surface area contributed by atoms with Gasteiger partial charge in [0.25, 0.3) is 0 Å². The third-order valence-corrected chi connectivity index (χ3v) is 7.98. The molecular weight excluding hydrogens is 443 g/mol. The number of aryl methyl sites for hydroxylation is 1. The molecule has 1 aromatic carbocycles. The van der Waals surface area contributed by atoms with Crippen molar-refractivity contribution in [1.82, 2.24) is 30.3 Å². The van der Waals surface area contributed by atoms with Crippen LogP contribution in [0.15, 0.2) is 42.6 Å². The molecule has 3 aliphatic rings. The molecule has 182 valence electrons. The molecule has 5 heterocycles. The van der Waals surface area contributed by atoms with Gasteiger partial charge in [-0.2, -0.15) is 5.10 Å². The molecule has 2 aromatic heterocycles. The van der Waals surface area contributed by atoms with Crippen molar-refractivity contribution in [3.63, 3.8) is 0 Å². The standard InChI is InChI=1S/C27H31FN6O/c1-17-14-18(10-12-29-17)26-21-16-33(13-11-23(21)31-32-26)27(35)30-24-8-6-20-7-9-25(24)34(20)15-19-4-2-3-5-22(19)28/h2-5,10,12,14,20,24-25H,6-9,11,13,15-16H2,1H3,(H,30,35)(H,31,32)/t20-,24+,25-/m0/s1. The van der Waals surface area contributed by atoms with Gasteiger partial charge in [-0.15, -0.1) is 0 Å². The largest absolute Gasteiger partial charge is 0.334 e. The average molecular weight is 475 g/mol. The highest BCUT2D eigenvalue weighted by atomic mass is 19.1. The highest BCUT2D eigenvalue weighted by Gasteiger charge is 2.43. The van der Waals surface area contributed by atoms with E-state index in [1.54, 1.807) is 12.3 Å². The first-order valence-electron chi connectivity index (χ1n) is 12.6. The molecule has 0 unspecified atom stereocenters. The number of carbonyl (C=O) groups is 1. The Hall–Kier alpha value is -3.26. The Morgan fingerprint density at radius 3 is 2.91 bits per heavy atom. The van der Waals surface area contributed by atoms with E-state index in [4.69, 9.17) is 0 Å². The van der Waals surface area contributed by atoms with Crippen LogP contribution in [0.1, 0.15) is 48.2 Å². The second-order valence-electron chi connectivity index (χ2n) is 10.1. The summed E-state index contributed by atoms with van der Waals surface area (Å²) >= 11 is 0. The fraction of sp³-hybridized carbons (Fsp3) is 0.444. The predicted octanol–water partition coefficient (Wildman–Crippen LogP) is 4.18. The molecular formula is C27H31FN6O. The van der Waals surface area contributed by atoms with Crippen molar-refractivity contribution in [3.8, 4) is 11.3 Å². The minimum absolute atomic E-state index is 0.0186. The van der Waals surface area contributed by atoms with Gasteiger partial charge in [0.05, 0.1) is 12.2 Å². The molecule has 2 bridgehead atoms. The number of carbonyl (C=O) groups excluding carboxylic acids is 1. The zero-order valence-electron chi connectivity index (χ0n) is 20.0. The number of halogens is 1. The van der Waals surface area contributed by atoms with Crippen molar-refractivity contribution in [3.05, 3.63) is 70.9 Å². The normalized spacial score (nSPS) is 23.8. The summed E-state index contributed by atoms with van der Waals surface area (Å²) in [4.78, 5) is 22.0. The van der Waals surface area contributed by atoms with Gasteiger partial charge in [0.1, 0.15) is 5.82 Å². The summed E-state index contributed by atoms with van der Waals surface area (Å²) in [7, 11) is 0. The van der Waals surface area contributed by atoms with Gasteiger partial charge in [-0.1, -0.05) is 18.2 Å². The zero-order chi connectivity index (χ0) is 23.9. The molecule has 0 aliphatic carbocycles. The first-order chi connectivity index (χ1) is 17.1. The second-order valence-corrected chi connectivity index (χ2v) is 10.1. The highest BCUT2D eigenvalue weighted by molar-refractivity contribution is 5.76. The minimum atomic E-state index is -0.150. The molecule has 7 nitrogen and oxygen atoms in total. The molecule has 0 radical (unpaired) electrons. The molecule has 2 amide bonds. The Labute approximate surface area is 204 Å². The van der Waals surface area contributed by atoms with E-state index >= 15 is 0 Å².